The van der Waals surface area contributed by atoms with Gasteiger partial charge in [0.15, 0.2) is 0 Å². The number of rotatable bonds is 11. The second-order valence-corrected chi connectivity index (χ2v) is 8.87. The Morgan fingerprint density at radius 3 is 2.27 bits per heavy atom. The van der Waals surface area contributed by atoms with E-state index in [1.165, 1.54) is 4.90 Å². The number of Topliss-reactive ketones (excluding diaryl/α,β-unsaturated/α-hetero) is 1. The van der Waals surface area contributed by atoms with Crippen molar-refractivity contribution < 1.29 is 29.0 Å². The van der Waals surface area contributed by atoms with Gasteiger partial charge in [-0.1, -0.05) is 26.0 Å². The lowest BCUT2D eigenvalue weighted by atomic mass is 9.94. The van der Waals surface area contributed by atoms with E-state index in [2.05, 4.69) is 9.88 Å². The Balaban J connectivity index is 2.15. The molecule has 1 aliphatic heterocycles. The number of aromatic nitrogens is 1. The number of hydrogen-bond acceptors (Lipinski definition) is 7. The number of carbonyl (C=O) groups excluding carboxylic acids is 3. The topological polar surface area (TPSA) is 112 Å². The molecule has 0 bridgehead atoms. The molecule has 0 radical (unpaired) electrons. The number of benzene rings is 1. The standard InChI is InChI=1S/C28H37N3O6/c1-7-30(8-2)15-16-31-24(19-11-13-20(14-12-19)36-9-3)22(26(33)27(31)34)25(32)21-17(5)23(29-18(21)6)28(35)37-10-4/h11-14,24,29,32H,7-10,15-16H2,1-6H3. The Morgan fingerprint density at radius 2 is 1.70 bits per heavy atom. The maximum atomic E-state index is 13.4. The van der Waals surface area contributed by atoms with Crippen LogP contribution >= 0.6 is 0 Å². The zero-order valence-corrected chi connectivity index (χ0v) is 22.5. The van der Waals surface area contributed by atoms with Gasteiger partial charge in [0.05, 0.1) is 24.8 Å². The largest absolute Gasteiger partial charge is 0.507 e. The van der Waals surface area contributed by atoms with E-state index in [1.54, 1.807) is 45.0 Å². The van der Waals surface area contributed by atoms with Crippen molar-refractivity contribution in [3.63, 3.8) is 0 Å². The summed E-state index contributed by atoms with van der Waals surface area (Å²) in [5.41, 5.74) is 2.15. The van der Waals surface area contributed by atoms with Crippen molar-refractivity contribution in [1.29, 1.82) is 0 Å². The predicted molar refractivity (Wildman–Crippen MR) is 141 cm³/mol. The SMILES string of the molecule is CCOC(=O)c1[nH]c(C)c(C(O)=C2C(=O)C(=O)N(CCN(CC)CC)C2c2ccc(OCC)cc2)c1C. The Kier molecular flexibility index (Phi) is 9.15. The highest BCUT2D eigenvalue weighted by Crippen LogP contribution is 2.41. The lowest BCUT2D eigenvalue weighted by molar-refractivity contribution is -0.140. The fourth-order valence-electron chi connectivity index (χ4n) is 4.81. The average Bonchev–Trinajstić information content (AvgIpc) is 3.32. The molecule has 200 valence electrons. The maximum Gasteiger partial charge on any atom is 0.355 e. The van der Waals surface area contributed by atoms with Gasteiger partial charge in [0.1, 0.15) is 17.2 Å². The van der Waals surface area contributed by atoms with Crippen molar-refractivity contribution in [2.45, 2.75) is 47.6 Å². The van der Waals surface area contributed by atoms with Crippen LogP contribution in [0.15, 0.2) is 29.8 Å². The molecule has 1 aliphatic rings. The number of hydrogen-bond donors (Lipinski definition) is 2. The second kappa shape index (κ2) is 12.1. The number of carbonyl (C=O) groups is 3. The molecule has 1 aromatic carbocycles. The summed E-state index contributed by atoms with van der Waals surface area (Å²) < 4.78 is 10.7. The number of H-pyrrole nitrogens is 1. The highest BCUT2D eigenvalue weighted by molar-refractivity contribution is 6.46. The smallest absolute Gasteiger partial charge is 0.355 e. The highest BCUT2D eigenvalue weighted by Gasteiger charge is 2.46. The summed E-state index contributed by atoms with van der Waals surface area (Å²) in [6.07, 6.45) is 0. The van der Waals surface area contributed by atoms with Crippen LogP contribution in [0.4, 0.5) is 0 Å². The average molecular weight is 512 g/mol. The van der Waals surface area contributed by atoms with Crippen LogP contribution in [0.3, 0.4) is 0 Å². The van der Waals surface area contributed by atoms with Gasteiger partial charge in [-0.15, -0.1) is 0 Å². The zero-order chi connectivity index (χ0) is 27.3. The molecule has 0 aliphatic carbocycles. The molecule has 1 saturated heterocycles. The van der Waals surface area contributed by atoms with E-state index in [9.17, 15) is 19.5 Å². The summed E-state index contributed by atoms with van der Waals surface area (Å²) in [5, 5.41) is 11.5. The molecule has 1 aromatic heterocycles. The monoisotopic (exact) mass is 511 g/mol. The molecule has 2 aromatic rings. The van der Waals surface area contributed by atoms with Crippen LogP contribution in [-0.2, 0) is 14.3 Å². The van der Waals surface area contributed by atoms with Crippen molar-refractivity contribution in [3.05, 3.63) is 57.9 Å². The number of aliphatic hydroxyl groups is 1. The molecule has 9 nitrogen and oxygen atoms in total. The van der Waals surface area contributed by atoms with Crippen molar-refractivity contribution in [1.82, 2.24) is 14.8 Å². The van der Waals surface area contributed by atoms with Gasteiger partial charge in [0.2, 0.25) is 0 Å². The lowest BCUT2D eigenvalue weighted by Crippen LogP contribution is -2.38. The van der Waals surface area contributed by atoms with Crippen LogP contribution in [0, 0.1) is 13.8 Å². The molecule has 2 heterocycles. The summed E-state index contributed by atoms with van der Waals surface area (Å²) in [7, 11) is 0. The summed E-state index contributed by atoms with van der Waals surface area (Å²) in [6.45, 7) is 14.3. The van der Waals surface area contributed by atoms with Crippen molar-refractivity contribution in [2.75, 3.05) is 39.4 Å². The van der Waals surface area contributed by atoms with E-state index >= 15 is 0 Å². The van der Waals surface area contributed by atoms with Crippen molar-refractivity contribution >= 4 is 23.4 Å². The molecule has 1 fully saturated rings. The fourth-order valence-corrected chi connectivity index (χ4v) is 4.81. The molecule has 1 atom stereocenters. The number of aliphatic hydroxyl groups excluding tert-OH is 1. The van der Waals surface area contributed by atoms with Gasteiger partial charge < -0.3 is 29.4 Å². The molecule has 0 saturated carbocycles. The zero-order valence-electron chi connectivity index (χ0n) is 22.5. The second-order valence-electron chi connectivity index (χ2n) is 8.87. The Bertz CT molecular complexity index is 1180. The van der Waals surface area contributed by atoms with Crippen LogP contribution in [0.25, 0.3) is 5.76 Å². The number of likely N-dealkylation sites (N-methyl/N-ethyl adjacent to an activating group) is 1. The van der Waals surface area contributed by atoms with E-state index in [1.807, 2.05) is 20.8 Å². The van der Waals surface area contributed by atoms with Crippen LogP contribution < -0.4 is 4.74 Å². The molecular formula is C28H37N3O6. The normalized spacial score (nSPS) is 17.1. The van der Waals surface area contributed by atoms with E-state index in [0.29, 0.717) is 47.8 Å². The van der Waals surface area contributed by atoms with Crippen LogP contribution in [0.2, 0.25) is 0 Å². The number of nitrogens with zero attached hydrogens (tertiary/aromatic N) is 2. The number of amides is 1. The quantitative estimate of drug-likeness (QED) is 0.203. The van der Waals surface area contributed by atoms with E-state index in [0.717, 1.165) is 13.1 Å². The third-order valence-corrected chi connectivity index (χ3v) is 6.75. The molecule has 9 heteroatoms. The maximum absolute atomic E-state index is 13.4. The Labute approximate surface area is 218 Å². The first kappa shape index (κ1) is 28.0. The van der Waals surface area contributed by atoms with Gasteiger partial charge in [-0.3, -0.25) is 9.59 Å². The van der Waals surface area contributed by atoms with Crippen molar-refractivity contribution in [3.8, 4) is 5.75 Å². The third-order valence-electron chi connectivity index (χ3n) is 6.75. The molecule has 37 heavy (non-hydrogen) atoms. The van der Waals surface area contributed by atoms with E-state index < -0.39 is 23.7 Å². The molecular weight excluding hydrogens is 474 g/mol. The minimum absolute atomic E-state index is 0.00526. The van der Waals surface area contributed by atoms with E-state index in [-0.39, 0.29) is 23.6 Å². The van der Waals surface area contributed by atoms with Crippen LogP contribution in [-0.4, -0.2) is 76.9 Å². The van der Waals surface area contributed by atoms with Gasteiger partial charge >= 0.3 is 5.97 Å². The van der Waals surface area contributed by atoms with E-state index in [4.69, 9.17) is 9.47 Å². The summed E-state index contributed by atoms with van der Waals surface area (Å²) >= 11 is 0. The van der Waals surface area contributed by atoms with Crippen LogP contribution in [0.5, 0.6) is 5.75 Å². The first-order chi connectivity index (χ1) is 17.7. The number of aromatic amines is 1. The first-order valence-electron chi connectivity index (χ1n) is 12.8. The van der Waals surface area contributed by atoms with Gasteiger partial charge in [-0.05, 0) is 64.0 Å². The number of ketones is 1. The van der Waals surface area contributed by atoms with Gasteiger partial charge in [-0.25, -0.2) is 4.79 Å². The predicted octanol–water partition coefficient (Wildman–Crippen LogP) is 3.97. The molecule has 1 amide bonds. The molecule has 2 N–H and O–H groups in total. The van der Waals surface area contributed by atoms with Gasteiger partial charge in [-0.2, -0.15) is 0 Å². The van der Waals surface area contributed by atoms with Gasteiger partial charge in [0, 0.05) is 24.3 Å². The minimum Gasteiger partial charge on any atom is -0.507 e. The first-order valence-corrected chi connectivity index (χ1v) is 12.8. The number of esters is 1. The summed E-state index contributed by atoms with van der Waals surface area (Å²) in [5.74, 6) is -1.62. The van der Waals surface area contributed by atoms with Gasteiger partial charge in [0.25, 0.3) is 11.7 Å². The Morgan fingerprint density at radius 1 is 1.05 bits per heavy atom. The number of ether oxygens (including phenoxy) is 2. The summed E-state index contributed by atoms with van der Waals surface area (Å²) in [6, 6.07) is 6.40. The van der Waals surface area contributed by atoms with Crippen molar-refractivity contribution in [2.24, 2.45) is 0 Å². The Hall–Kier alpha value is -3.59. The molecule has 3 rings (SSSR count). The van der Waals surface area contributed by atoms with Crippen LogP contribution in [0.1, 0.15) is 66.6 Å². The third kappa shape index (κ3) is 5.56. The minimum atomic E-state index is -0.786. The number of aryl methyl sites for hydroxylation is 1. The highest BCUT2D eigenvalue weighted by atomic mass is 16.5. The summed E-state index contributed by atoms with van der Waals surface area (Å²) in [4.78, 5) is 45.7. The lowest BCUT2D eigenvalue weighted by Gasteiger charge is -2.28. The fraction of sp³-hybridized carbons (Fsp3) is 0.464. The number of likely N-dealkylation sites (tertiary alicyclic amines) is 1. The molecule has 0 spiro atoms. The molecule has 1 unspecified atom stereocenters. The number of nitrogens with one attached hydrogen (secondary N) is 1.